The van der Waals surface area contributed by atoms with Crippen molar-refractivity contribution in [2.45, 2.75) is 11.3 Å². The number of nitrogens with zero attached hydrogens (tertiary/aromatic N) is 1. The summed E-state index contributed by atoms with van der Waals surface area (Å²) in [5.41, 5.74) is 1.87. The van der Waals surface area contributed by atoms with Crippen LogP contribution in [-0.4, -0.2) is 20.1 Å². The number of hydrogen-bond acceptors (Lipinski definition) is 4. The van der Waals surface area contributed by atoms with E-state index in [2.05, 4.69) is 5.32 Å². The molecule has 0 atom stereocenters. The zero-order valence-electron chi connectivity index (χ0n) is 18.2. The maximum absolute atomic E-state index is 13.6. The van der Waals surface area contributed by atoms with E-state index in [0.29, 0.717) is 22.6 Å². The summed E-state index contributed by atoms with van der Waals surface area (Å²) in [7, 11) is -3.94. The van der Waals surface area contributed by atoms with Crippen LogP contribution in [0.25, 0.3) is 0 Å². The van der Waals surface area contributed by atoms with Crippen molar-refractivity contribution in [2.75, 3.05) is 9.62 Å². The molecule has 0 unspecified atom stereocenters. The predicted octanol–water partition coefficient (Wildman–Crippen LogP) is 5.43. The van der Waals surface area contributed by atoms with Gasteiger partial charge in [0.15, 0.2) is 5.78 Å². The van der Waals surface area contributed by atoms with E-state index in [9.17, 15) is 18.0 Å². The van der Waals surface area contributed by atoms with Gasteiger partial charge in [-0.05, 0) is 48.5 Å². The summed E-state index contributed by atoms with van der Waals surface area (Å²) in [4.78, 5) is 24.6. The highest BCUT2D eigenvalue weighted by Gasteiger charge is 2.26. The number of carbonyl (C=O) groups excluding carboxylic acids is 2. The van der Waals surface area contributed by atoms with Crippen LogP contribution < -0.4 is 9.62 Å². The third kappa shape index (κ3) is 5.22. The number of hydrogen-bond donors (Lipinski definition) is 1. The molecule has 1 amide bonds. The molecule has 0 aromatic heterocycles. The van der Waals surface area contributed by atoms with Gasteiger partial charge < -0.3 is 5.32 Å². The molecule has 4 rings (SSSR count). The van der Waals surface area contributed by atoms with Crippen molar-refractivity contribution in [1.29, 1.82) is 0 Å². The summed E-state index contributed by atoms with van der Waals surface area (Å²) in [6.07, 6.45) is -0.306. The highest BCUT2D eigenvalue weighted by atomic mass is 32.2. The van der Waals surface area contributed by atoms with Crippen LogP contribution in [0, 0.1) is 0 Å². The summed E-state index contributed by atoms with van der Waals surface area (Å²) in [6.45, 7) is 0. The number of amides is 1. The van der Waals surface area contributed by atoms with Gasteiger partial charge >= 0.3 is 0 Å². The van der Waals surface area contributed by atoms with E-state index < -0.39 is 15.9 Å². The second-order valence-electron chi connectivity index (χ2n) is 7.48. The Hall–Kier alpha value is -4.23. The van der Waals surface area contributed by atoms with Gasteiger partial charge in [0.05, 0.1) is 22.7 Å². The monoisotopic (exact) mass is 470 g/mol. The van der Waals surface area contributed by atoms with Crippen LogP contribution in [0.15, 0.2) is 120 Å². The fourth-order valence-corrected chi connectivity index (χ4v) is 4.94. The Labute approximate surface area is 198 Å². The second kappa shape index (κ2) is 10.1. The zero-order chi connectivity index (χ0) is 24.0. The van der Waals surface area contributed by atoms with Crippen LogP contribution in [0.5, 0.6) is 0 Å². The number of nitrogens with one attached hydrogen (secondary N) is 1. The number of Topliss-reactive ketones (excluding diaryl/α,β-unsaturated/α-hetero) is 1. The van der Waals surface area contributed by atoms with E-state index >= 15 is 0 Å². The lowest BCUT2D eigenvalue weighted by atomic mass is 10.1. The summed E-state index contributed by atoms with van der Waals surface area (Å²) in [6, 6.07) is 32.1. The molecule has 6 nitrogen and oxygen atoms in total. The largest absolute Gasteiger partial charge is 0.326 e. The lowest BCUT2D eigenvalue weighted by Crippen LogP contribution is -2.26. The topological polar surface area (TPSA) is 83.5 Å². The Morgan fingerprint density at radius 2 is 1.12 bits per heavy atom. The summed E-state index contributed by atoms with van der Waals surface area (Å²) < 4.78 is 28.4. The van der Waals surface area contributed by atoms with Crippen molar-refractivity contribution in [3.8, 4) is 0 Å². The molecule has 0 bridgehead atoms. The van der Waals surface area contributed by atoms with E-state index in [1.54, 1.807) is 78.9 Å². The molecule has 0 spiro atoms. The molecule has 0 aliphatic heterocycles. The number of benzene rings is 4. The SMILES string of the molecule is O=C(CC(=O)c1ccccc1)Nc1ccc(S(=O)(=O)N(c2ccccc2)c2ccccc2)cc1. The fourth-order valence-electron chi connectivity index (χ4n) is 3.45. The Balaban J connectivity index is 1.54. The van der Waals surface area contributed by atoms with Crippen LogP contribution in [0.2, 0.25) is 0 Å². The highest BCUT2D eigenvalue weighted by Crippen LogP contribution is 2.32. The molecular formula is C27H22N2O4S. The minimum atomic E-state index is -3.94. The van der Waals surface area contributed by atoms with Gasteiger partial charge in [0.25, 0.3) is 10.0 Å². The van der Waals surface area contributed by atoms with Gasteiger partial charge in [-0.25, -0.2) is 12.7 Å². The predicted molar refractivity (Wildman–Crippen MR) is 133 cm³/mol. The molecule has 0 radical (unpaired) electrons. The normalized spacial score (nSPS) is 10.9. The van der Waals surface area contributed by atoms with E-state index in [0.717, 1.165) is 0 Å². The average Bonchev–Trinajstić information content (AvgIpc) is 2.86. The summed E-state index contributed by atoms with van der Waals surface area (Å²) >= 11 is 0. The minimum Gasteiger partial charge on any atom is -0.326 e. The number of carbonyl (C=O) groups is 2. The molecule has 170 valence electrons. The van der Waals surface area contributed by atoms with Gasteiger partial charge in [0.2, 0.25) is 5.91 Å². The second-order valence-corrected chi connectivity index (χ2v) is 9.27. The lowest BCUT2D eigenvalue weighted by Gasteiger charge is -2.24. The van der Waals surface area contributed by atoms with Crippen molar-refractivity contribution in [3.63, 3.8) is 0 Å². The molecule has 4 aromatic carbocycles. The van der Waals surface area contributed by atoms with Gasteiger partial charge in [0, 0.05) is 11.3 Å². The van der Waals surface area contributed by atoms with Crippen molar-refractivity contribution in [3.05, 3.63) is 121 Å². The first-order chi connectivity index (χ1) is 16.4. The quantitative estimate of drug-likeness (QED) is 0.275. The molecule has 4 aromatic rings. The zero-order valence-corrected chi connectivity index (χ0v) is 19.0. The van der Waals surface area contributed by atoms with E-state index in [1.807, 2.05) is 12.1 Å². The molecule has 0 heterocycles. The summed E-state index contributed by atoms with van der Waals surface area (Å²) in [5, 5.41) is 2.65. The molecule has 7 heteroatoms. The molecule has 0 aliphatic rings. The third-order valence-corrected chi connectivity index (χ3v) is 6.84. The summed E-state index contributed by atoms with van der Waals surface area (Å²) in [5.74, 6) is -0.765. The third-order valence-electron chi connectivity index (χ3n) is 5.07. The van der Waals surface area contributed by atoms with Crippen LogP contribution in [0.4, 0.5) is 17.1 Å². The van der Waals surface area contributed by atoms with Crippen LogP contribution in [0.1, 0.15) is 16.8 Å². The first-order valence-electron chi connectivity index (χ1n) is 10.6. The molecule has 34 heavy (non-hydrogen) atoms. The highest BCUT2D eigenvalue weighted by molar-refractivity contribution is 7.93. The standard InChI is InChI=1S/C27H22N2O4S/c30-26(21-10-4-1-5-11-21)20-27(31)28-22-16-18-25(19-17-22)34(32,33)29(23-12-6-2-7-13-23)24-14-8-3-9-15-24/h1-19H,20H2,(H,28,31). The Kier molecular flexibility index (Phi) is 6.85. The van der Waals surface area contributed by atoms with Crippen LogP contribution in [-0.2, 0) is 14.8 Å². The number of para-hydroxylation sites is 2. The maximum Gasteiger partial charge on any atom is 0.268 e. The minimum absolute atomic E-state index is 0.0681. The van der Waals surface area contributed by atoms with Crippen LogP contribution in [0.3, 0.4) is 0 Å². The van der Waals surface area contributed by atoms with Gasteiger partial charge in [-0.1, -0.05) is 66.7 Å². The van der Waals surface area contributed by atoms with Gasteiger partial charge in [-0.3, -0.25) is 9.59 Å². The van der Waals surface area contributed by atoms with Crippen molar-refractivity contribution >= 4 is 38.8 Å². The Morgan fingerprint density at radius 1 is 0.647 bits per heavy atom. The van der Waals surface area contributed by atoms with Crippen molar-refractivity contribution in [2.24, 2.45) is 0 Å². The molecule has 0 saturated heterocycles. The van der Waals surface area contributed by atoms with Gasteiger partial charge in [0.1, 0.15) is 0 Å². The van der Waals surface area contributed by atoms with E-state index in [1.165, 1.54) is 28.6 Å². The average molecular weight is 471 g/mol. The van der Waals surface area contributed by atoms with Gasteiger partial charge in [-0.2, -0.15) is 0 Å². The maximum atomic E-state index is 13.6. The first-order valence-corrected chi connectivity index (χ1v) is 12.0. The fraction of sp³-hybridized carbons (Fsp3) is 0.0370. The smallest absolute Gasteiger partial charge is 0.268 e. The number of anilines is 3. The van der Waals surface area contributed by atoms with E-state index in [4.69, 9.17) is 0 Å². The van der Waals surface area contributed by atoms with Crippen molar-refractivity contribution in [1.82, 2.24) is 0 Å². The van der Waals surface area contributed by atoms with Crippen LogP contribution >= 0.6 is 0 Å². The van der Waals surface area contributed by atoms with Crippen molar-refractivity contribution < 1.29 is 18.0 Å². The molecule has 1 N–H and O–H groups in total. The molecule has 0 saturated carbocycles. The first kappa shape index (κ1) is 22.9. The molecule has 0 aliphatic carbocycles. The number of sulfonamides is 1. The number of rotatable bonds is 8. The Morgan fingerprint density at radius 3 is 1.62 bits per heavy atom. The lowest BCUT2D eigenvalue weighted by molar-refractivity contribution is -0.115. The Bertz CT molecular complexity index is 1330. The molecule has 0 fully saturated rings. The molecular weight excluding hydrogens is 448 g/mol. The number of ketones is 1. The van der Waals surface area contributed by atoms with Gasteiger partial charge in [-0.15, -0.1) is 0 Å². The van der Waals surface area contributed by atoms with E-state index in [-0.39, 0.29) is 17.1 Å².